The summed E-state index contributed by atoms with van der Waals surface area (Å²) < 4.78 is 5.62. The Labute approximate surface area is 89.2 Å². The zero-order chi connectivity index (χ0) is 9.80. The quantitative estimate of drug-likeness (QED) is 0.830. The lowest BCUT2D eigenvalue weighted by Gasteiger charge is -2.11. The maximum absolute atomic E-state index is 5.77. The average molecular weight is 212 g/mol. The second kappa shape index (κ2) is 4.67. The van der Waals surface area contributed by atoms with Gasteiger partial charge in [0.1, 0.15) is 12.4 Å². The molecule has 1 aromatic rings. The van der Waals surface area contributed by atoms with Gasteiger partial charge in [-0.1, -0.05) is 11.6 Å². The Bertz CT molecular complexity index is 280. The predicted molar refractivity (Wildman–Crippen MR) is 58.0 cm³/mol. The van der Waals surface area contributed by atoms with Crippen molar-refractivity contribution in [3.05, 3.63) is 29.3 Å². The molecule has 1 unspecified atom stereocenters. The van der Waals surface area contributed by atoms with Crippen LogP contribution in [-0.2, 0) is 0 Å². The molecule has 0 saturated carbocycles. The molecular formula is C11H14ClNO. The number of nitrogens with one attached hydrogen (secondary N) is 1. The number of ether oxygens (including phenoxy) is 1. The van der Waals surface area contributed by atoms with Gasteiger partial charge in [-0.2, -0.15) is 0 Å². The third-order valence-corrected chi connectivity index (χ3v) is 2.68. The topological polar surface area (TPSA) is 21.3 Å². The number of rotatable bonds is 3. The standard InChI is InChI=1S/C11H14ClNO/c12-9-3-5-11(6-4-9)14-8-10-2-1-7-13-10/h3-6,10,13H,1-2,7-8H2. The maximum Gasteiger partial charge on any atom is 0.119 e. The normalized spacial score (nSPS) is 21.1. The molecule has 0 aromatic heterocycles. The summed E-state index contributed by atoms with van der Waals surface area (Å²) in [5.41, 5.74) is 0. The Morgan fingerprint density at radius 2 is 2.14 bits per heavy atom. The summed E-state index contributed by atoms with van der Waals surface area (Å²) in [4.78, 5) is 0. The van der Waals surface area contributed by atoms with Crippen molar-refractivity contribution < 1.29 is 4.74 Å². The molecule has 14 heavy (non-hydrogen) atoms. The van der Waals surface area contributed by atoms with Gasteiger partial charge in [-0.25, -0.2) is 0 Å². The third kappa shape index (κ3) is 2.63. The molecule has 3 heteroatoms. The minimum Gasteiger partial charge on any atom is -0.492 e. The molecule has 0 radical (unpaired) electrons. The molecule has 76 valence electrons. The van der Waals surface area contributed by atoms with Gasteiger partial charge in [0.05, 0.1) is 0 Å². The van der Waals surface area contributed by atoms with Gasteiger partial charge in [0.15, 0.2) is 0 Å². The van der Waals surface area contributed by atoms with Crippen LogP contribution in [0.25, 0.3) is 0 Å². The predicted octanol–water partition coefficient (Wildman–Crippen LogP) is 2.47. The minimum absolute atomic E-state index is 0.519. The zero-order valence-electron chi connectivity index (χ0n) is 8.00. The van der Waals surface area contributed by atoms with E-state index in [0.717, 1.165) is 23.9 Å². The monoisotopic (exact) mass is 211 g/mol. The third-order valence-electron chi connectivity index (χ3n) is 2.43. The van der Waals surface area contributed by atoms with Gasteiger partial charge < -0.3 is 10.1 Å². The molecular weight excluding hydrogens is 198 g/mol. The zero-order valence-corrected chi connectivity index (χ0v) is 8.76. The van der Waals surface area contributed by atoms with Gasteiger partial charge in [-0.15, -0.1) is 0 Å². The highest BCUT2D eigenvalue weighted by Gasteiger charge is 2.13. The molecule has 0 bridgehead atoms. The fourth-order valence-electron chi connectivity index (χ4n) is 1.63. The summed E-state index contributed by atoms with van der Waals surface area (Å²) in [5.74, 6) is 0.892. The first-order valence-electron chi connectivity index (χ1n) is 4.96. The summed E-state index contributed by atoms with van der Waals surface area (Å²) in [6.07, 6.45) is 2.47. The smallest absolute Gasteiger partial charge is 0.119 e. The van der Waals surface area contributed by atoms with E-state index >= 15 is 0 Å². The van der Waals surface area contributed by atoms with Crippen LogP contribution in [-0.4, -0.2) is 19.2 Å². The molecule has 1 fully saturated rings. The molecule has 1 heterocycles. The van der Waals surface area contributed by atoms with Crippen LogP contribution in [0.5, 0.6) is 5.75 Å². The Balaban J connectivity index is 1.82. The van der Waals surface area contributed by atoms with Gasteiger partial charge in [-0.05, 0) is 43.7 Å². The van der Waals surface area contributed by atoms with Crippen LogP contribution in [0.3, 0.4) is 0 Å². The van der Waals surface area contributed by atoms with E-state index in [0.29, 0.717) is 6.04 Å². The lowest BCUT2D eigenvalue weighted by Crippen LogP contribution is -2.28. The van der Waals surface area contributed by atoms with Gasteiger partial charge in [-0.3, -0.25) is 0 Å². The minimum atomic E-state index is 0.519. The van der Waals surface area contributed by atoms with Crippen LogP contribution in [0, 0.1) is 0 Å². The lowest BCUT2D eigenvalue weighted by atomic mass is 10.2. The van der Waals surface area contributed by atoms with E-state index in [9.17, 15) is 0 Å². The van der Waals surface area contributed by atoms with Crippen molar-refractivity contribution in [1.29, 1.82) is 0 Å². The summed E-state index contributed by atoms with van der Waals surface area (Å²) in [5, 5.41) is 4.13. The van der Waals surface area contributed by atoms with Crippen molar-refractivity contribution in [3.63, 3.8) is 0 Å². The summed E-state index contributed by atoms with van der Waals surface area (Å²) >= 11 is 5.77. The molecule has 2 nitrogen and oxygen atoms in total. The summed E-state index contributed by atoms with van der Waals surface area (Å²) in [6.45, 7) is 1.87. The van der Waals surface area contributed by atoms with Crippen LogP contribution in [0.15, 0.2) is 24.3 Å². The Hall–Kier alpha value is -0.730. The maximum atomic E-state index is 5.77. The van der Waals surface area contributed by atoms with E-state index in [1.807, 2.05) is 24.3 Å². The van der Waals surface area contributed by atoms with Crippen LogP contribution in [0.1, 0.15) is 12.8 Å². The fourth-order valence-corrected chi connectivity index (χ4v) is 1.75. The van der Waals surface area contributed by atoms with E-state index in [4.69, 9.17) is 16.3 Å². The van der Waals surface area contributed by atoms with E-state index in [2.05, 4.69) is 5.32 Å². The Morgan fingerprint density at radius 3 is 2.79 bits per heavy atom. The van der Waals surface area contributed by atoms with Crippen molar-refractivity contribution >= 4 is 11.6 Å². The van der Waals surface area contributed by atoms with E-state index < -0.39 is 0 Å². The van der Waals surface area contributed by atoms with Gasteiger partial charge in [0.25, 0.3) is 0 Å². The largest absolute Gasteiger partial charge is 0.492 e. The summed E-state index contributed by atoms with van der Waals surface area (Å²) in [7, 11) is 0. The molecule has 1 aromatic carbocycles. The number of hydrogen-bond acceptors (Lipinski definition) is 2. The number of hydrogen-bond donors (Lipinski definition) is 1. The molecule has 1 N–H and O–H groups in total. The van der Waals surface area contributed by atoms with Crippen LogP contribution in [0.4, 0.5) is 0 Å². The molecule has 1 atom stereocenters. The molecule has 2 rings (SSSR count). The Morgan fingerprint density at radius 1 is 1.36 bits per heavy atom. The second-order valence-electron chi connectivity index (χ2n) is 3.56. The van der Waals surface area contributed by atoms with Crippen molar-refractivity contribution in [2.75, 3.05) is 13.2 Å². The van der Waals surface area contributed by atoms with E-state index in [1.165, 1.54) is 12.8 Å². The first-order chi connectivity index (χ1) is 6.84. The van der Waals surface area contributed by atoms with Crippen LogP contribution >= 0.6 is 11.6 Å². The van der Waals surface area contributed by atoms with E-state index in [-0.39, 0.29) is 0 Å². The molecule has 1 saturated heterocycles. The SMILES string of the molecule is Clc1ccc(OCC2CCCN2)cc1. The van der Waals surface area contributed by atoms with Crippen molar-refractivity contribution in [2.45, 2.75) is 18.9 Å². The molecule has 1 aliphatic rings. The van der Waals surface area contributed by atoms with Crippen molar-refractivity contribution in [2.24, 2.45) is 0 Å². The van der Waals surface area contributed by atoms with Gasteiger partial charge >= 0.3 is 0 Å². The first kappa shape index (κ1) is 9.81. The second-order valence-corrected chi connectivity index (χ2v) is 3.99. The van der Waals surface area contributed by atoms with Crippen LogP contribution < -0.4 is 10.1 Å². The molecule has 0 aliphatic carbocycles. The average Bonchev–Trinajstić information content (AvgIpc) is 2.70. The van der Waals surface area contributed by atoms with Crippen molar-refractivity contribution in [1.82, 2.24) is 5.32 Å². The molecule has 1 aliphatic heterocycles. The molecule has 0 amide bonds. The van der Waals surface area contributed by atoms with Crippen LogP contribution in [0.2, 0.25) is 5.02 Å². The fraction of sp³-hybridized carbons (Fsp3) is 0.455. The van der Waals surface area contributed by atoms with Crippen molar-refractivity contribution in [3.8, 4) is 5.75 Å². The summed E-state index contributed by atoms with van der Waals surface area (Å²) in [6, 6.07) is 8.01. The first-order valence-corrected chi connectivity index (χ1v) is 5.34. The lowest BCUT2D eigenvalue weighted by molar-refractivity contribution is 0.277. The highest BCUT2D eigenvalue weighted by Crippen LogP contribution is 2.16. The number of halogens is 1. The highest BCUT2D eigenvalue weighted by molar-refractivity contribution is 6.30. The Kier molecular flexibility index (Phi) is 3.27. The van der Waals surface area contributed by atoms with Gasteiger partial charge in [0.2, 0.25) is 0 Å². The molecule has 0 spiro atoms. The van der Waals surface area contributed by atoms with E-state index in [1.54, 1.807) is 0 Å². The highest BCUT2D eigenvalue weighted by atomic mass is 35.5. The number of benzene rings is 1. The van der Waals surface area contributed by atoms with Gasteiger partial charge in [0, 0.05) is 11.1 Å².